The second-order valence-electron chi connectivity index (χ2n) is 4.03. The van der Waals surface area contributed by atoms with Crippen LogP contribution in [-0.2, 0) is 0 Å². The minimum absolute atomic E-state index is 0.377. The van der Waals surface area contributed by atoms with Crippen LogP contribution in [0.5, 0.6) is 0 Å². The zero-order chi connectivity index (χ0) is 11.3. The maximum atomic E-state index is 5.84. The highest BCUT2D eigenvalue weighted by molar-refractivity contribution is 6.30. The predicted molar refractivity (Wildman–Crippen MR) is 66.4 cm³/mol. The molecule has 84 valence electrons. The average Bonchev–Trinajstić information content (AvgIpc) is 2.18. The van der Waals surface area contributed by atoms with Crippen molar-refractivity contribution in [3.8, 4) is 0 Å². The summed E-state index contributed by atoms with van der Waals surface area (Å²) in [6, 6.07) is 8.37. The molecule has 0 aliphatic rings. The van der Waals surface area contributed by atoms with E-state index in [1.807, 2.05) is 12.1 Å². The first-order valence-corrected chi connectivity index (χ1v) is 5.61. The summed E-state index contributed by atoms with van der Waals surface area (Å²) >= 11 is 5.84. The van der Waals surface area contributed by atoms with Crippen molar-refractivity contribution in [1.82, 2.24) is 10.2 Å². The topological polar surface area (TPSA) is 15.3 Å². The summed E-state index contributed by atoms with van der Waals surface area (Å²) < 4.78 is 0. The third-order valence-electron chi connectivity index (χ3n) is 2.38. The lowest BCUT2D eigenvalue weighted by Gasteiger charge is -2.16. The highest BCUT2D eigenvalue weighted by Crippen LogP contribution is 2.15. The Labute approximate surface area is 97.2 Å². The summed E-state index contributed by atoms with van der Waals surface area (Å²) in [6.07, 6.45) is 0. The second-order valence-corrected chi connectivity index (χ2v) is 4.47. The predicted octanol–water partition coefficient (Wildman–Crippen LogP) is 2.55. The van der Waals surface area contributed by atoms with Crippen molar-refractivity contribution in [3.63, 3.8) is 0 Å². The van der Waals surface area contributed by atoms with Crippen LogP contribution >= 0.6 is 11.6 Å². The molecule has 0 amide bonds. The van der Waals surface area contributed by atoms with Crippen LogP contribution < -0.4 is 5.32 Å². The maximum absolute atomic E-state index is 5.84. The van der Waals surface area contributed by atoms with Gasteiger partial charge in [-0.2, -0.15) is 0 Å². The quantitative estimate of drug-likeness (QED) is 0.830. The van der Waals surface area contributed by atoms with Crippen molar-refractivity contribution in [2.24, 2.45) is 0 Å². The lowest BCUT2D eigenvalue weighted by atomic mass is 10.1. The number of nitrogens with one attached hydrogen (secondary N) is 1. The van der Waals surface area contributed by atoms with Gasteiger partial charge in [0, 0.05) is 24.2 Å². The number of halogens is 1. The molecule has 0 fully saturated rings. The zero-order valence-corrected chi connectivity index (χ0v) is 10.4. The van der Waals surface area contributed by atoms with Crippen LogP contribution in [0.25, 0.3) is 0 Å². The highest BCUT2D eigenvalue weighted by atomic mass is 35.5. The molecule has 1 rings (SSSR count). The maximum Gasteiger partial charge on any atom is 0.0406 e. The van der Waals surface area contributed by atoms with E-state index in [4.69, 9.17) is 11.6 Å². The van der Waals surface area contributed by atoms with E-state index in [2.05, 4.69) is 43.4 Å². The van der Waals surface area contributed by atoms with Crippen molar-refractivity contribution in [3.05, 3.63) is 34.9 Å². The lowest BCUT2D eigenvalue weighted by Crippen LogP contribution is -2.28. The van der Waals surface area contributed by atoms with Gasteiger partial charge in [0.15, 0.2) is 0 Å². The van der Waals surface area contributed by atoms with E-state index in [0.717, 1.165) is 18.1 Å². The zero-order valence-electron chi connectivity index (χ0n) is 9.63. The van der Waals surface area contributed by atoms with E-state index < -0.39 is 0 Å². The van der Waals surface area contributed by atoms with E-state index in [0.29, 0.717) is 6.04 Å². The van der Waals surface area contributed by atoms with E-state index >= 15 is 0 Å². The molecular weight excluding hydrogens is 208 g/mol. The largest absolute Gasteiger partial charge is 0.309 e. The van der Waals surface area contributed by atoms with Crippen molar-refractivity contribution < 1.29 is 0 Å². The first-order valence-electron chi connectivity index (χ1n) is 5.23. The molecule has 1 unspecified atom stereocenters. The summed E-state index contributed by atoms with van der Waals surface area (Å²) in [5.74, 6) is 0. The molecule has 0 aliphatic carbocycles. The molecule has 1 aromatic carbocycles. The van der Waals surface area contributed by atoms with Gasteiger partial charge in [-0.05, 0) is 38.7 Å². The Morgan fingerprint density at radius 1 is 1.27 bits per heavy atom. The normalized spacial score (nSPS) is 13.1. The molecule has 15 heavy (non-hydrogen) atoms. The fourth-order valence-corrected chi connectivity index (χ4v) is 1.50. The molecule has 0 spiro atoms. The van der Waals surface area contributed by atoms with Crippen molar-refractivity contribution in [2.75, 3.05) is 27.2 Å². The van der Waals surface area contributed by atoms with Gasteiger partial charge in [-0.3, -0.25) is 0 Å². The third-order valence-corrected chi connectivity index (χ3v) is 2.63. The van der Waals surface area contributed by atoms with Crippen LogP contribution in [0, 0.1) is 0 Å². The van der Waals surface area contributed by atoms with Gasteiger partial charge in [-0.1, -0.05) is 23.7 Å². The molecule has 0 aliphatic heterocycles. The van der Waals surface area contributed by atoms with Crippen LogP contribution in [0.15, 0.2) is 24.3 Å². The van der Waals surface area contributed by atoms with Gasteiger partial charge >= 0.3 is 0 Å². The molecule has 1 aromatic rings. The van der Waals surface area contributed by atoms with Crippen LogP contribution in [-0.4, -0.2) is 32.1 Å². The minimum atomic E-state index is 0.377. The summed E-state index contributed by atoms with van der Waals surface area (Å²) in [7, 11) is 4.16. The Morgan fingerprint density at radius 2 is 1.87 bits per heavy atom. The fourth-order valence-electron chi connectivity index (χ4n) is 1.37. The smallest absolute Gasteiger partial charge is 0.0406 e. The molecule has 2 nitrogen and oxygen atoms in total. The van der Waals surface area contributed by atoms with Crippen LogP contribution in [0.4, 0.5) is 0 Å². The molecular formula is C12H19ClN2. The van der Waals surface area contributed by atoms with Gasteiger partial charge in [0.1, 0.15) is 0 Å². The Balaban J connectivity index is 2.40. The Bertz CT molecular complexity index is 282. The number of hydrogen-bond acceptors (Lipinski definition) is 2. The molecule has 0 aromatic heterocycles. The third kappa shape index (κ3) is 4.65. The van der Waals surface area contributed by atoms with Crippen molar-refractivity contribution in [2.45, 2.75) is 13.0 Å². The van der Waals surface area contributed by atoms with Gasteiger partial charge in [0.2, 0.25) is 0 Å². The van der Waals surface area contributed by atoms with E-state index in [1.54, 1.807) is 0 Å². The molecule has 1 N–H and O–H groups in total. The van der Waals surface area contributed by atoms with Crippen LogP contribution in [0.2, 0.25) is 5.02 Å². The second kappa shape index (κ2) is 6.11. The minimum Gasteiger partial charge on any atom is -0.309 e. The lowest BCUT2D eigenvalue weighted by molar-refractivity contribution is 0.389. The highest BCUT2D eigenvalue weighted by Gasteiger charge is 2.03. The van der Waals surface area contributed by atoms with Gasteiger partial charge in [-0.15, -0.1) is 0 Å². The number of likely N-dealkylation sites (N-methyl/N-ethyl adjacent to an activating group) is 1. The molecule has 0 saturated heterocycles. The summed E-state index contributed by atoms with van der Waals surface area (Å²) in [4.78, 5) is 2.17. The van der Waals surface area contributed by atoms with Crippen LogP contribution in [0.1, 0.15) is 18.5 Å². The number of nitrogens with zero attached hydrogens (tertiary/aromatic N) is 1. The van der Waals surface area contributed by atoms with Gasteiger partial charge < -0.3 is 10.2 Å². The molecule has 3 heteroatoms. The number of benzene rings is 1. The standard InChI is InChI=1S/C12H19ClN2/c1-10(14-8-9-15(2)3)11-4-6-12(13)7-5-11/h4-7,10,14H,8-9H2,1-3H3. The van der Waals surface area contributed by atoms with Crippen molar-refractivity contribution in [1.29, 1.82) is 0 Å². The molecule has 0 radical (unpaired) electrons. The van der Waals surface area contributed by atoms with Crippen LogP contribution in [0.3, 0.4) is 0 Å². The Morgan fingerprint density at radius 3 is 2.40 bits per heavy atom. The average molecular weight is 227 g/mol. The van der Waals surface area contributed by atoms with E-state index in [1.165, 1.54) is 5.56 Å². The Kier molecular flexibility index (Phi) is 5.09. The van der Waals surface area contributed by atoms with E-state index in [9.17, 15) is 0 Å². The molecule has 0 bridgehead atoms. The number of hydrogen-bond donors (Lipinski definition) is 1. The fraction of sp³-hybridized carbons (Fsp3) is 0.500. The first-order chi connectivity index (χ1) is 7.09. The number of rotatable bonds is 5. The first kappa shape index (κ1) is 12.5. The summed E-state index contributed by atoms with van der Waals surface area (Å²) in [5, 5.41) is 4.26. The SMILES string of the molecule is CC(NCCN(C)C)c1ccc(Cl)cc1. The van der Waals surface area contributed by atoms with Gasteiger partial charge in [-0.25, -0.2) is 0 Å². The summed E-state index contributed by atoms with van der Waals surface area (Å²) in [6.45, 7) is 4.22. The molecule has 1 atom stereocenters. The Hall–Kier alpha value is -0.570. The summed E-state index contributed by atoms with van der Waals surface area (Å²) in [5.41, 5.74) is 1.28. The molecule has 0 saturated carbocycles. The monoisotopic (exact) mass is 226 g/mol. The van der Waals surface area contributed by atoms with Crippen molar-refractivity contribution >= 4 is 11.6 Å². The van der Waals surface area contributed by atoms with E-state index in [-0.39, 0.29) is 0 Å². The molecule has 0 heterocycles. The van der Waals surface area contributed by atoms with Gasteiger partial charge in [0.05, 0.1) is 0 Å². The van der Waals surface area contributed by atoms with Gasteiger partial charge in [0.25, 0.3) is 0 Å².